The van der Waals surface area contributed by atoms with E-state index in [2.05, 4.69) is 0 Å². The van der Waals surface area contributed by atoms with Gasteiger partial charge in [-0.25, -0.2) is 8.78 Å². The van der Waals surface area contributed by atoms with Crippen LogP contribution in [0, 0.1) is 17.6 Å². The van der Waals surface area contributed by atoms with Gasteiger partial charge in [-0.15, -0.1) is 3.89 Å². The zero-order valence-electron chi connectivity index (χ0n) is 10.4. The Hall–Kier alpha value is -1.57. The Morgan fingerprint density at radius 1 is 1.20 bits per heavy atom. The quantitative estimate of drug-likeness (QED) is 0.794. The van der Waals surface area contributed by atoms with E-state index in [1.54, 1.807) is 0 Å². The molecule has 0 radical (unpaired) electrons. The number of amides is 1. The van der Waals surface area contributed by atoms with Crippen LogP contribution in [0.2, 0.25) is 0 Å². The summed E-state index contributed by atoms with van der Waals surface area (Å²) in [6, 6.07) is 2.90. The van der Waals surface area contributed by atoms with Gasteiger partial charge < -0.3 is 4.90 Å². The Kier molecular flexibility index (Phi) is 4.03. The highest BCUT2D eigenvalue weighted by Crippen LogP contribution is 2.22. The fraction of sp³-hybridized carbons (Fsp3) is 0.417. The summed E-state index contributed by atoms with van der Waals surface area (Å²) in [4.78, 5) is 12.9. The van der Waals surface area contributed by atoms with Gasteiger partial charge in [0, 0.05) is 31.5 Å². The number of nitrogens with zero attached hydrogens (tertiary/aromatic N) is 1. The van der Waals surface area contributed by atoms with E-state index < -0.39 is 33.5 Å². The van der Waals surface area contributed by atoms with Crippen molar-refractivity contribution in [2.45, 2.75) is 13.0 Å². The van der Waals surface area contributed by atoms with Gasteiger partial charge in [0.1, 0.15) is 11.6 Å². The molecule has 1 aliphatic heterocycles. The molecule has 110 valence electrons. The number of carbonyl (C=O) groups excluding carboxylic acids is 1. The molecule has 0 aromatic heterocycles. The molecule has 0 saturated carbocycles. The van der Waals surface area contributed by atoms with Gasteiger partial charge in [-0.2, -0.15) is 8.42 Å². The van der Waals surface area contributed by atoms with E-state index in [-0.39, 0.29) is 31.0 Å². The van der Waals surface area contributed by atoms with Crippen LogP contribution in [0.3, 0.4) is 0 Å². The third-order valence-electron chi connectivity index (χ3n) is 3.03. The first-order valence-corrected chi connectivity index (χ1v) is 7.43. The number of carbonyl (C=O) groups is 1. The summed E-state index contributed by atoms with van der Waals surface area (Å²) in [6.07, 6.45) is -0.0824. The average molecular weight is 307 g/mol. The van der Waals surface area contributed by atoms with E-state index in [0.717, 1.165) is 12.1 Å². The number of likely N-dealkylation sites (tertiary alicyclic amines) is 1. The SMILES string of the molecule is O=C1CC(CS(=O)(=O)F)CN1Cc1cc(F)cc(F)c1. The third-order valence-corrected chi connectivity index (χ3v) is 3.89. The standard InChI is InChI=1S/C12H12F3NO3S/c13-10-1-8(2-11(14)4-10)5-16-6-9(3-12(16)17)7-20(15,18)19/h1-2,4,9H,3,5-7H2. The molecule has 1 aromatic carbocycles. The number of halogens is 3. The minimum absolute atomic E-state index is 0.0314. The van der Waals surface area contributed by atoms with Gasteiger partial charge in [-0.3, -0.25) is 4.79 Å². The summed E-state index contributed by atoms with van der Waals surface area (Å²) >= 11 is 0. The summed E-state index contributed by atoms with van der Waals surface area (Å²) in [5.74, 6) is -3.21. The van der Waals surface area contributed by atoms with Crippen LogP contribution in [0.5, 0.6) is 0 Å². The largest absolute Gasteiger partial charge is 0.338 e. The van der Waals surface area contributed by atoms with Gasteiger partial charge in [0.2, 0.25) is 5.91 Å². The van der Waals surface area contributed by atoms with E-state index >= 15 is 0 Å². The van der Waals surface area contributed by atoms with Crippen LogP contribution in [0.1, 0.15) is 12.0 Å². The van der Waals surface area contributed by atoms with Crippen molar-refractivity contribution in [3.63, 3.8) is 0 Å². The Bertz CT molecular complexity index is 613. The highest BCUT2D eigenvalue weighted by Gasteiger charge is 2.32. The average Bonchev–Trinajstić information content (AvgIpc) is 2.54. The molecule has 1 fully saturated rings. The Morgan fingerprint density at radius 2 is 1.80 bits per heavy atom. The van der Waals surface area contributed by atoms with Crippen molar-refractivity contribution in [3.8, 4) is 0 Å². The van der Waals surface area contributed by atoms with Crippen molar-refractivity contribution in [2.24, 2.45) is 5.92 Å². The normalized spacial score (nSPS) is 19.6. The van der Waals surface area contributed by atoms with E-state index in [1.807, 2.05) is 0 Å². The second-order valence-electron chi connectivity index (χ2n) is 4.83. The molecule has 0 N–H and O–H groups in total. The molecular weight excluding hydrogens is 295 g/mol. The monoisotopic (exact) mass is 307 g/mol. The molecule has 2 rings (SSSR count). The van der Waals surface area contributed by atoms with Crippen molar-refractivity contribution in [1.29, 1.82) is 0 Å². The number of rotatable bonds is 4. The van der Waals surface area contributed by atoms with Crippen LogP contribution in [0.15, 0.2) is 18.2 Å². The second-order valence-corrected chi connectivity index (χ2v) is 6.24. The summed E-state index contributed by atoms with van der Waals surface area (Å²) in [6.45, 7) is 0.0243. The number of hydrogen-bond donors (Lipinski definition) is 0. The van der Waals surface area contributed by atoms with Crippen molar-refractivity contribution in [1.82, 2.24) is 4.90 Å². The molecule has 1 aliphatic rings. The third kappa shape index (κ3) is 3.96. The molecule has 0 aliphatic carbocycles. The summed E-state index contributed by atoms with van der Waals surface area (Å²) in [7, 11) is -4.64. The molecule has 1 atom stereocenters. The highest BCUT2D eigenvalue weighted by atomic mass is 32.3. The molecule has 1 unspecified atom stereocenters. The predicted molar refractivity (Wildman–Crippen MR) is 64.8 cm³/mol. The fourth-order valence-electron chi connectivity index (χ4n) is 2.32. The van der Waals surface area contributed by atoms with E-state index in [9.17, 15) is 25.9 Å². The molecular formula is C12H12F3NO3S. The minimum atomic E-state index is -4.64. The predicted octanol–water partition coefficient (Wildman–Crippen LogP) is 1.61. The van der Waals surface area contributed by atoms with Gasteiger partial charge in [-0.1, -0.05) is 0 Å². The highest BCUT2D eigenvalue weighted by molar-refractivity contribution is 7.86. The maximum atomic E-state index is 13.0. The lowest BCUT2D eigenvalue weighted by Gasteiger charge is -2.16. The first kappa shape index (κ1) is 14.8. The van der Waals surface area contributed by atoms with E-state index in [1.165, 1.54) is 4.90 Å². The van der Waals surface area contributed by atoms with Crippen LogP contribution in [-0.2, 0) is 21.6 Å². The fourth-order valence-corrected chi connectivity index (χ4v) is 3.11. The summed E-state index contributed by atoms with van der Waals surface area (Å²) in [5, 5.41) is 0. The molecule has 20 heavy (non-hydrogen) atoms. The summed E-state index contributed by atoms with van der Waals surface area (Å²) in [5.41, 5.74) is 0.264. The second kappa shape index (κ2) is 5.43. The van der Waals surface area contributed by atoms with Gasteiger partial charge in [-0.05, 0) is 17.7 Å². The first-order valence-electron chi connectivity index (χ1n) is 5.88. The zero-order chi connectivity index (χ0) is 14.9. The molecule has 1 amide bonds. The number of benzene rings is 1. The Morgan fingerprint density at radius 3 is 2.35 bits per heavy atom. The van der Waals surface area contributed by atoms with Crippen molar-refractivity contribution in [2.75, 3.05) is 12.3 Å². The minimum Gasteiger partial charge on any atom is -0.338 e. The van der Waals surface area contributed by atoms with Crippen LogP contribution in [-0.4, -0.2) is 31.5 Å². The van der Waals surface area contributed by atoms with Gasteiger partial charge in [0.05, 0.1) is 5.75 Å². The first-order chi connectivity index (χ1) is 9.23. The topological polar surface area (TPSA) is 54.5 Å². The lowest BCUT2D eigenvalue weighted by molar-refractivity contribution is -0.128. The van der Waals surface area contributed by atoms with Crippen molar-refractivity contribution < 1.29 is 25.9 Å². The molecule has 1 aromatic rings. The molecule has 4 nitrogen and oxygen atoms in total. The van der Waals surface area contributed by atoms with Crippen LogP contribution in [0.25, 0.3) is 0 Å². The summed E-state index contributed by atoms with van der Waals surface area (Å²) < 4.78 is 59.7. The van der Waals surface area contributed by atoms with Crippen molar-refractivity contribution >= 4 is 16.1 Å². The molecule has 0 bridgehead atoms. The lowest BCUT2D eigenvalue weighted by atomic mass is 10.1. The van der Waals surface area contributed by atoms with Crippen LogP contribution in [0.4, 0.5) is 12.7 Å². The number of hydrogen-bond acceptors (Lipinski definition) is 3. The maximum Gasteiger partial charge on any atom is 0.302 e. The van der Waals surface area contributed by atoms with E-state index in [0.29, 0.717) is 6.07 Å². The van der Waals surface area contributed by atoms with Crippen LogP contribution >= 0.6 is 0 Å². The van der Waals surface area contributed by atoms with E-state index in [4.69, 9.17) is 0 Å². The Balaban J connectivity index is 2.05. The maximum absolute atomic E-state index is 13.0. The molecule has 1 heterocycles. The smallest absolute Gasteiger partial charge is 0.302 e. The van der Waals surface area contributed by atoms with Crippen molar-refractivity contribution in [3.05, 3.63) is 35.4 Å². The Labute approximate surface area is 114 Å². The molecule has 8 heteroatoms. The molecule has 1 saturated heterocycles. The molecule has 0 spiro atoms. The van der Waals surface area contributed by atoms with Gasteiger partial charge >= 0.3 is 10.2 Å². The van der Waals surface area contributed by atoms with Crippen LogP contribution < -0.4 is 0 Å². The lowest BCUT2D eigenvalue weighted by Crippen LogP contribution is -2.25. The van der Waals surface area contributed by atoms with Gasteiger partial charge in [0.15, 0.2) is 0 Å². The zero-order valence-corrected chi connectivity index (χ0v) is 11.2. The van der Waals surface area contributed by atoms with Gasteiger partial charge in [0.25, 0.3) is 0 Å².